The van der Waals surface area contributed by atoms with Gasteiger partial charge in [-0.3, -0.25) is 0 Å². The summed E-state index contributed by atoms with van der Waals surface area (Å²) >= 11 is 0. The molecule has 3 aromatic rings. The molecule has 38 heavy (non-hydrogen) atoms. The van der Waals surface area contributed by atoms with Crippen LogP contribution in [0.2, 0.25) is 0 Å². The number of carbonyl (C=O) groups excluding carboxylic acids is 1. The van der Waals surface area contributed by atoms with E-state index in [0.717, 1.165) is 48.8 Å². The quantitative estimate of drug-likeness (QED) is 0.369. The number of urea groups is 1. The molecule has 1 heterocycles. The van der Waals surface area contributed by atoms with E-state index in [1.165, 1.54) is 0 Å². The van der Waals surface area contributed by atoms with Crippen LogP contribution >= 0.6 is 0 Å². The van der Waals surface area contributed by atoms with Crippen LogP contribution in [0, 0.1) is 5.92 Å². The summed E-state index contributed by atoms with van der Waals surface area (Å²) in [7, 11) is 0. The Kier molecular flexibility index (Phi) is 8.74. The van der Waals surface area contributed by atoms with E-state index in [2.05, 4.69) is 10.6 Å². The van der Waals surface area contributed by atoms with E-state index < -0.39 is 11.6 Å². The van der Waals surface area contributed by atoms with Crippen LogP contribution in [0.3, 0.4) is 0 Å². The lowest BCUT2D eigenvalue weighted by Gasteiger charge is -2.38. The van der Waals surface area contributed by atoms with Gasteiger partial charge in [0.05, 0.1) is 19.3 Å². The molecule has 200 valence electrons. The Morgan fingerprint density at radius 2 is 1.34 bits per heavy atom. The van der Waals surface area contributed by atoms with Gasteiger partial charge in [-0.15, -0.1) is 0 Å². The molecular formula is C32H38N2O4. The van der Waals surface area contributed by atoms with E-state index >= 15 is 0 Å². The molecule has 1 atom stereocenters. The van der Waals surface area contributed by atoms with Gasteiger partial charge >= 0.3 is 6.03 Å². The van der Waals surface area contributed by atoms with E-state index in [0.29, 0.717) is 25.6 Å². The van der Waals surface area contributed by atoms with Crippen LogP contribution in [-0.4, -0.2) is 42.7 Å². The van der Waals surface area contributed by atoms with Gasteiger partial charge in [0.1, 0.15) is 5.60 Å². The lowest BCUT2D eigenvalue weighted by atomic mass is 9.77. The third kappa shape index (κ3) is 6.44. The highest BCUT2D eigenvalue weighted by Crippen LogP contribution is 2.35. The first kappa shape index (κ1) is 26.4. The topological polar surface area (TPSA) is 79.8 Å². The molecule has 3 aromatic carbocycles. The molecule has 6 nitrogen and oxygen atoms in total. The lowest BCUT2D eigenvalue weighted by Crippen LogP contribution is -2.56. The molecule has 0 aromatic heterocycles. The molecule has 0 spiro atoms. The summed E-state index contributed by atoms with van der Waals surface area (Å²) < 4.78 is 11.2. The third-order valence-corrected chi connectivity index (χ3v) is 7.92. The average molecular weight is 515 g/mol. The number of amides is 2. The third-order valence-electron chi connectivity index (χ3n) is 7.92. The number of ether oxygens (including phenoxy) is 2. The molecule has 2 fully saturated rings. The van der Waals surface area contributed by atoms with Crippen molar-refractivity contribution in [2.75, 3.05) is 13.2 Å². The van der Waals surface area contributed by atoms with E-state index in [9.17, 15) is 9.90 Å². The summed E-state index contributed by atoms with van der Waals surface area (Å²) in [5.74, 6) is 0.561. The van der Waals surface area contributed by atoms with Crippen LogP contribution in [0.5, 0.6) is 0 Å². The van der Waals surface area contributed by atoms with Crippen molar-refractivity contribution in [2.24, 2.45) is 5.92 Å². The molecule has 5 rings (SSSR count). The highest BCUT2D eigenvalue weighted by Gasteiger charge is 2.41. The number of carbonyl (C=O) groups is 1. The first-order valence-electron chi connectivity index (χ1n) is 13.8. The Balaban J connectivity index is 1.32. The Hall–Kier alpha value is -3.19. The number of hydrogen-bond donors (Lipinski definition) is 3. The SMILES string of the molecule is O=C(NC1CCC(CC2OCCO2)CC1)NC(Cc1ccccc1)C(O)(c1ccccc1)c1ccccc1. The largest absolute Gasteiger partial charge is 0.378 e. The van der Waals surface area contributed by atoms with Crippen molar-refractivity contribution in [3.63, 3.8) is 0 Å². The second-order valence-corrected chi connectivity index (χ2v) is 10.5. The second kappa shape index (κ2) is 12.6. The zero-order chi connectivity index (χ0) is 26.2. The smallest absolute Gasteiger partial charge is 0.315 e. The molecule has 1 aliphatic carbocycles. The number of nitrogens with one attached hydrogen (secondary N) is 2. The number of aliphatic hydroxyl groups is 1. The van der Waals surface area contributed by atoms with Crippen molar-refractivity contribution in [3.8, 4) is 0 Å². The summed E-state index contributed by atoms with van der Waals surface area (Å²) in [6.45, 7) is 1.37. The summed E-state index contributed by atoms with van der Waals surface area (Å²) in [6, 6.07) is 28.5. The van der Waals surface area contributed by atoms with E-state index in [1.807, 2.05) is 91.0 Å². The summed E-state index contributed by atoms with van der Waals surface area (Å²) in [4.78, 5) is 13.4. The number of hydrogen-bond acceptors (Lipinski definition) is 4. The fraction of sp³-hybridized carbons (Fsp3) is 0.406. The van der Waals surface area contributed by atoms with Crippen LogP contribution in [0.25, 0.3) is 0 Å². The zero-order valence-corrected chi connectivity index (χ0v) is 21.8. The minimum Gasteiger partial charge on any atom is -0.378 e. The lowest BCUT2D eigenvalue weighted by molar-refractivity contribution is -0.0601. The molecule has 1 unspecified atom stereocenters. The minimum absolute atomic E-state index is 0.0693. The normalized spacial score (nSPS) is 21.1. The predicted molar refractivity (Wildman–Crippen MR) is 148 cm³/mol. The van der Waals surface area contributed by atoms with Gasteiger partial charge in [0, 0.05) is 12.5 Å². The van der Waals surface area contributed by atoms with Crippen molar-refractivity contribution in [2.45, 2.75) is 62.5 Å². The van der Waals surface area contributed by atoms with Gasteiger partial charge in [-0.25, -0.2) is 4.79 Å². The minimum atomic E-state index is -1.42. The first-order valence-corrected chi connectivity index (χ1v) is 13.8. The van der Waals surface area contributed by atoms with Gasteiger partial charge in [-0.2, -0.15) is 0 Å². The molecule has 3 N–H and O–H groups in total. The van der Waals surface area contributed by atoms with E-state index in [1.54, 1.807) is 0 Å². The van der Waals surface area contributed by atoms with Gasteiger partial charge in [-0.1, -0.05) is 91.0 Å². The van der Waals surface area contributed by atoms with Crippen molar-refractivity contribution in [1.82, 2.24) is 10.6 Å². The molecule has 2 amide bonds. The molecule has 1 saturated heterocycles. The standard InChI is InChI=1S/C32H38N2O4/c35-31(33-28-18-16-25(17-19-28)23-30-37-20-21-38-30)34-29(22-24-10-4-1-5-11-24)32(36,26-12-6-2-7-13-26)27-14-8-3-9-15-27/h1-15,25,28-30,36H,16-23H2,(H2,33,34,35). The Labute approximate surface area is 225 Å². The fourth-order valence-electron chi connectivity index (χ4n) is 5.85. The Morgan fingerprint density at radius 3 is 1.89 bits per heavy atom. The summed E-state index contributed by atoms with van der Waals surface area (Å²) in [5.41, 5.74) is 1.10. The average Bonchev–Trinajstić information content (AvgIpc) is 3.48. The van der Waals surface area contributed by atoms with E-state index in [-0.39, 0.29) is 18.4 Å². The second-order valence-electron chi connectivity index (χ2n) is 10.5. The first-order chi connectivity index (χ1) is 18.6. The van der Waals surface area contributed by atoms with Gasteiger partial charge in [0.15, 0.2) is 6.29 Å². The van der Waals surface area contributed by atoms with E-state index in [4.69, 9.17) is 9.47 Å². The van der Waals surface area contributed by atoms with Crippen LogP contribution in [0.15, 0.2) is 91.0 Å². The molecular weight excluding hydrogens is 476 g/mol. The molecule has 6 heteroatoms. The monoisotopic (exact) mass is 514 g/mol. The molecule has 2 aliphatic rings. The summed E-state index contributed by atoms with van der Waals surface area (Å²) in [6.07, 6.45) is 5.27. The van der Waals surface area contributed by atoms with Crippen molar-refractivity contribution < 1.29 is 19.4 Å². The predicted octanol–water partition coefficient (Wildman–Crippen LogP) is 5.15. The highest BCUT2D eigenvalue weighted by molar-refractivity contribution is 5.75. The number of rotatable bonds is 9. The van der Waals surface area contributed by atoms with Gasteiger partial charge < -0.3 is 25.2 Å². The van der Waals surface area contributed by atoms with Crippen LogP contribution < -0.4 is 10.6 Å². The maximum absolute atomic E-state index is 13.4. The molecule has 0 bridgehead atoms. The van der Waals surface area contributed by atoms with Crippen LogP contribution in [-0.2, 0) is 21.5 Å². The number of benzene rings is 3. The Morgan fingerprint density at radius 1 is 0.816 bits per heavy atom. The van der Waals surface area contributed by atoms with Crippen LogP contribution in [0.4, 0.5) is 4.79 Å². The maximum atomic E-state index is 13.4. The fourth-order valence-corrected chi connectivity index (χ4v) is 5.85. The van der Waals surface area contributed by atoms with Crippen LogP contribution in [0.1, 0.15) is 48.8 Å². The Bertz CT molecular complexity index is 1090. The molecule has 1 saturated carbocycles. The van der Waals surface area contributed by atoms with Crippen molar-refractivity contribution >= 4 is 6.03 Å². The van der Waals surface area contributed by atoms with Gasteiger partial charge in [0.25, 0.3) is 0 Å². The summed E-state index contributed by atoms with van der Waals surface area (Å²) in [5, 5.41) is 18.8. The van der Waals surface area contributed by atoms with Crippen molar-refractivity contribution in [3.05, 3.63) is 108 Å². The van der Waals surface area contributed by atoms with Gasteiger partial charge in [0.2, 0.25) is 0 Å². The molecule has 0 radical (unpaired) electrons. The maximum Gasteiger partial charge on any atom is 0.315 e. The zero-order valence-electron chi connectivity index (χ0n) is 21.8. The van der Waals surface area contributed by atoms with Crippen molar-refractivity contribution in [1.29, 1.82) is 0 Å². The molecule has 1 aliphatic heterocycles. The highest BCUT2D eigenvalue weighted by atomic mass is 16.7. The van der Waals surface area contributed by atoms with Gasteiger partial charge in [-0.05, 0) is 54.7 Å².